The molecular formula is C12H15ClFNO. The molecule has 0 N–H and O–H groups in total. The Kier molecular flexibility index (Phi) is 2.82. The Morgan fingerprint density at radius 2 is 2.06 bits per heavy atom. The van der Waals surface area contributed by atoms with Gasteiger partial charge in [-0.2, -0.15) is 0 Å². The second kappa shape index (κ2) is 3.88. The van der Waals surface area contributed by atoms with E-state index in [2.05, 4.69) is 4.98 Å². The van der Waals surface area contributed by atoms with Gasteiger partial charge in [0.1, 0.15) is 5.82 Å². The summed E-state index contributed by atoms with van der Waals surface area (Å²) in [5.74, 6) is 0.0595. The smallest absolute Gasteiger partial charge is 0.171 e. The Bertz CT molecular complexity index is 410. The molecule has 0 bridgehead atoms. The lowest BCUT2D eigenvalue weighted by Gasteiger charge is -2.23. The number of hydrogen-bond donors (Lipinski definition) is 0. The highest BCUT2D eigenvalue weighted by Crippen LogP contribution is 2.40. The van der Waals surface area contributed by atoms with Crippen LogP contribution in [-0.4, -0.2) is 11.1 Å². The van der Waals surface area contributed by atoms with Crippen LogP contribution in [0.25, 0.3) is 0 Å². The molecule has 1 fully saturated rings. The zero-order valence-electron chi connectivity index (χ0n) is 9.68. The minimum absolute atomic E-state index is 0.183. The molecule has 16 heavy (non-hydrogen) atoms. The van der Waals surface area contributed by atoms with E-state index in [1.807, 2.05) is 20.8 Å². The number of hydrogen-bond acceptors (Lipinski definition) is 2. The molecule has 0 amide bonds. The number of halogens is 2. The molecule has 1 saturated carbocycles. The molecule has 2 nitrogen and oxygen atoms in total. The SMILES string of the molecule is CC(C)(C)c1c(F)cnc(Cl)c1OC1CC1. The Labute approximate surface area is 99.8 Å². The summed E-state index contributed by atoms with van der Waals surface area (Å²) in [7, 11) is 0. The minimum Gasteiger partial charge on any atom is -0.487 e. The van der Waals surface area contributed by atoms with Crippen molar-refractivity contribution >= 4 is 11.6 Å². The molecule has 88 valence electrons. The topological polar surface area (TPSA) is 22.1 Å². The zero-order valence-corrected chi connectivity index (χ0v) is 10.4. The van der Waals surface area contributed by atoms with E-state index in [4.69, 9.17) is 16.3 Å². The highest BCUT2D eigenvalue weighted by molar-refractivity contribution is 6.31. The summed E-state index contributed by atoms with van der Waals surface area (Å²) in [4.78, 5) is 3.80. The van der Waals surface area contributed by atoms with Crippen molar-refractivity contribution in [2.45, 2.75) is 45.1 Å². The van der Waals surface area contributed by atoms with Crippen molar-refractivity contribution in [1.82, 2.24) is 4.98 Å². The van der Waals surface area contributed by atoms with Gasteiger partial charge in [-0.1, -0.05) is 32.4 Å². The third kappa shape index (κ3) is 2.29. The fraction of sp³-hybridized carbons (Fsp3) is 0.583. The molecule has 2 rings (SSSR count). The van der Waals surface area contributed by atoms with Crippen LogP contribution in [0.15, 0.2) is 6.20 Å². The van der Waals surface area contributed by atoms with Crippen LogP contribution in [0.3, 0.4) is 0 Å². The molecule has 1 aromatic rings. The van der Waals surface area contributed by atoms with E-state index in [0.717, 1.165) is 19.0 Å². The summed E-state index contributed by atoms with van der Waals surface area (Å²) >= 11 is 5.98. The maximum absolute atomic E-state index is 13.8. The predicted octanol–water partition coefficient (Wildman–Crippen LogP) is 3.71. The molecule has 0 radical (unpaired) electrons. The molecule has 0 unspecified atom stereocenters. The average Bonchev–Trinajstić information content (AvgIpc) is 2.93. The van der Waals surface area contributed by atoms with E-state index in [1.54, 1.807) is 0 Å². The van der Waals surface area contributed by atoms with E-state index >= 15 is 0 Å². The summed E-state index contributed by atoms with van der Waals surface area (Å²) < 4.78 is 19.5. The van der Waals surface area contributed by atoms with Crippen LogP contribution in [0.2, 0.25) is 5.15 Å². The quantitative estimate of drug-likeness (QED) is 0.739. The molecule has 1 aliphatic carbocycles. The summed E-state index contributed by atoms with van der Waals surface area (Å²) in [5, 5.41) is 0.248. The molecule has 4 heteroatoms. The largest absolute Gasteiger partial charge is 0.487 e. The number of nitrogens with zero attached hydrogens (tertiary/aromatic N) is 1. The van der Waals surface area contributed by atoms with Gasteiger partial charge in [0.2, 0.25) is 0 Å². The van der Waals surface area contributed by atoms with Crippen molar-refractivity contribution in [2.75, 3.05) is 0 Å². The lowest BCUT2D eigenvalue weighted by Crippen LogP contribution is -2.17. The summed E-state index contributed by atoms with van der Waals surface area (Å²) in [6, 6.07) is 0. The number of ether oxygens (including phenoxy) is 1. The fourth-order valence-corrected chi connectivity index (χ4v) is 1.79. The minimum atomic E-state index is -0.354. The number of aromatic nitrogens is 1. The molecular weight excluding hydrogens is 229 g/mol. The maximum Gasteiger partial charge on any atom is 0.171 e. The van der Waals surface area contributed by atoms with Crippen molar-refractivity contribution in [3.63, 3.8) is 0 Å². The first-order chi connectivity index (χ1) is 7.39. The summed E-state index contributed by atoms with van der Waals surface area (Å²) in [6.07, 6.45) is 3.36. The second-order valence-corrected chi connectivity index (χ2v) is 5.53. The molecule has 0 saturated heterocycles. The normalized spacial score (nSPS) is 16.3. The van der Waals surface area contributed by atoms with Gasteiger partial charge in [-0.05, 0) is 18.3 Å². The van der Waals surface area contributed by atoms with Crippen LogP contribution in [0.5, 0.6) is 5.75 Å². The Morgan fingerprint density at radius 1 is 1.44 bits per heavy atom. The van der Waals surface area contributed by atoms with Gasteiger partial charge < -0.3 is 4.74 Å². The van der Waals surface area contributed by atoms with Gasteiger partial charge in [0.15, 0.2) is 10.9 Å². The number of pyridine rings is 1. The van der Waals surface area contributed by atoms with Crippen LogP contribution >= 0.6 is 11.6 Å². The van der Waals surface area contributed by atoms with E-state index in [9.17, 15) is 4.39 Å². The van der Waals surface area contributed by atoms with E-state index < -0.39 is 0 Å². The summed E-state index contributed by atoms with van der Waals surface area (Å²) in [5.41, 5.74) is 0.167. The monoisotopic (exact) mass is 243 g/mol. The molecule has 0 aromatic carbocycles. The van der Waals surface area contributed by atoms with Gasteiger partial charge in [0.25, 0.3) is 0 Å². The third-order valence-corrected chi connectivity index (χ3v) is 2.77. The Morgan fingerprint density at radius 3 is 2.56 bits per heavy atom. The van der Waals surface area contributed by atoms with Gasteiger partial charge in [-0.3, -0.25) is 0 Å². The molecule has 1 aliphatic rings. The van der Waals surface area contributed by atoms with E-state index in [0.29, 0.717) is 11.3 Å². The van der Waals surface area contributed by atoms with Gasteiger partial charge in [-0.25, -0.2) is 9.37 Å². The van der Waals surface area contributed by atoms with Crippen LogP contribution in [-0.2, 0) is 5.41 Å². The van der Waals surface area contributed by atoms with Crippen molar-refractivity contribution in [3.8, 4) is 5.75 Å². The van der Waals surface area contributed by atoms with Gasteiger partial charge in [0, 0.05) is 5.56 Å². The average molecular weight is 244 g/mol. The van der Waals surface area contributed by atoms with Gasteiger partial charge in [-0.15, -0.1) is 0 Å². The first-order valence-electron chi connectivity index (χ1n) is 5.40. The van der Waals surface area contributed by atoms with E-state index in [1.165, 1.54) is 0 Å². The zero-order chi connectivity index (χ0) is 11.9. The highest BCUT2D eigenvalue weighted by Gasteiger charge is 2.31. The maximum atomic E-state index is 13.8. The van der Waals surface area contributed by atoms with Crippen LogP contribution in [0.4, 0.5) is 4.39 Å². The fourth-order valence-electron chi connectivity index (χ4n) is 1.61. The van der Waals surface area contributed by atoms with Crippen LogP contribution in [0, 0.1) is 5.82 Å². The lowest BCUT2D eigenvalue weighted by atomic mass is 9.86. The first-order valence-corrected chi connectivity index (χ1v) is 5.78. The Balaban J connectivity index is 2.49. The van der Waals surface area contributed by atoms with Crippen molar-refractivity contribution < 1.29 is 9.13 Å². The van der Waals surface area contributed by atoms with Crippen molar-refractivity contribution in [1.29, 1.82) is 0 Å². The highest BCUT2D eigenvalue weighted by atomic mass is 35.5. The number of rotatable bonds is 2. The first kappa shape index (κ1) is 11.6. The third-order valence-electron chi connectivity index (χ3n) is 2.50. The second-order valence-electron chi connectivity index (χ2n) is 5.17. The van der Waals surface area contributed by atoms with Crippen molar-refractivity contribution in [2.24, 2.45) is 0 Å². The molecule has 0 spiro atoms. The molecule has 0 atom stereocenters. The van der Waals surface area contributed by atoms with Gasteiger partial charge in [0.05, 0.1) is 12.3 Å². The molecule has 0 aliphatic heterocycles. The lowest BCUT2D eigenvalue weighted by molar-refractivity contribution is 0.290. The standard InChI is InChI=1S/C12H15ClFNO/c1-12(2,3)9-8(14)6-15-11(13)10(9)16-7-4-5-7/h6-7H,4-5H2,1-3H3. The van der Waals surface area contributed by atoms with Crippen molar-refractivity contribution in [3.05, 3.63) is 22.7 Å². The van der Waals surface area contributed by atoms with Crippen LogP contribution < -0.4 is 4.74 Å². The molecule has 1 aromatic heterocycles. The Hall–Kier alpha value is -0.830. The van der Waals surface area contributed by atoms with Crippen LogP contribution in [0.1, 0.15) is 39.2 Å². The predicted molar refractivity (Wildman–Crippen MR) is 61.6 cm³/mol. The van der Waals surface area contributed by atoms with Gasteiger partial charge >= 0.3 is 0 Å². The van der Waals surface area contributed by atoms with E-state index in [-0.39, 0.29) is 22.5 Å². The summed E-state index contributed by atoms with van der Waals surface area (Å²) in [6.45, 7) is 5.80. The molecule has 1 heterocycles.